The van der Waals surface area contributed by atoms with Crippen molar-refractivity contribution in [3.8, 4) is 0 Å². The van der Waals surface area contributed by atoms with Crippen LogP contribution in [0.2, 0.25) is 0 Å². The smallest absolute Gasteiger partial charge is 0.306 e. The number of hydrogen-bond acceptors (Lipinski definition) is 3. The van der Waals surface area contributed by atoms with E-state index in [1.54, 1.807) is 0 Å². The first-order chi connectivity index (χ1) is 8.08. The van der Waals surface area contributed by atoms with E-state index < -0.39 is 5.97 Å². The molecule has 1 fully saturated rings. The molecule has 1 rings (SSSR count). The Hall–Kier alpha value is -1.10. The number of amides is 1. The van der Waals surface area contributed by atoms with Gasteiger partial charge in [0.15, 0.2) is 0 Å². The minimum absolute atomic E-state index is 0.00880. The minimum atomic E-state index is -0.759. The Labute approximate surface area is 102 Å². The molecule has 1 unspecified atom stereocenters. The van der Waals surface area contributed by atoms with Crippen LogP contribution in [0, 0.1) is 11.8 Å². The molecule has 1 saturated carbocycles. The van der Waals surface area contributed by atoms with Gasteiger partial charge in [0.05, 0.1) is 11.8 Å². The molecule has 3 atom stereocenters. The highest BCUT2D eigenvalue weighted by molar-refractivity contribution is 5.79. The lowest BCUT2D eigenvalue weighted by Gasteiger charge is -2.18. The monoisotopic (exact) mass is 242 g/mol. The Morgan fingerprint density at radius 1 is 1.47 bits per heavy atom. The van der Waals surface area contributed by atoms with E-state index in [0.717, 1.165) is 19.3 Å². The molecule has 1 aliphatic rings. The van der Waals surface area contributed by atoms with Gasteiger partial charge in [-0.1, -0.05) is 13.3 Å². The van der Waals surface area contributed by atoms with E-state index in [0.29, 0.717) is 19.4 Å². The van der Waals surface area contributed by atoms with Crippen LogP contribution in [-0.4, -0.2) is 29.6 Å². The maximum absolute atomic E-state index is 11.9. The molecular weight excluding hydrogens is 220 g/mol. The second-order valence-corrected chi connectivity index (χ2v) is 4.78. The van der Waals surface area contributed by atoms with Crippen LogP contribution < -0.4 is 11.1 Å². The van der Waals surface area contributed by atoms with Crippen LogP contribution in [0.3, 0.4) is 0 Å². The summed E-state index contributed by atoms with van der Waals surface area (Å²) < 4.78 is 0. The lowest BCUT2D eigenvalue weighted by molar-refractivity contribution is -0.141. The van der Waals surface area contributed by atoms with E-state index in [1.165, 1.54) is 0 Å². The van der Waals surface area contributed by atoms with Crippen LogP contribution in [-0.2, 0) is 9.59 Å². The maximum atomic E-state index is 11.9. The summed E-state index contributed by atoms with van der Waals surface area (Å²) in [6, 6.07) is 0.00880. The number of hydrogen-bond donors (Lipinski definition) is 3. The number of carbonyl (C=O) groups is 2. The van der Waals surface area contributed by atoms with Crippen molar-refractivity contribution in [3.63, 3.8) is 0 Å². The zero-order valence-corrected chi connectivity index (χ0v) is 10.3. The van der Waals surface area contributed by atoms with Gasteiger partial charge >= 0.3 is 5.97 Å². The highest BCUT2D eigenvalue weighted by atomic mass is 16.4. The molecule has 0 radical (unpaired) electrons. The van der Waals surface area contributed by atoms with Crippen LogP contribution in [0.4, 0.5) is 0 Å². The Morgan fingerprint density at radius 2 is 2.18 bits per heavy atom. The molecule has 1 aliphatic carbocycles. The van der Waals surface area contributed by atoms with Crippen molar-refractivity contribution in [1.82, 2.24) is 5.32 Å². The van der Waals surface area contributed by atoms with Crippen LogP contribution in [0.25, 0.3) is 0 Å². The third-order valence-electron chi connectivity index (χ3n) is 3.42. The summed E-state index contributed by atoms with van der Waals surface area (Å²) in [4.78, 5) is 22.7. The maximum Gasteiger partial charge on any atom is 0.306 e. The Morgan fingerprint density at radius 3 is 2.65 bits per heavy atom. The van der Waals surface area contributed by atoms with Crippen molar-refractivity contribution >= 4 is 11.9 Å². The fourth-order valence-corrected chi connectivity index (χ4v) is 2.36. The topological polar surface area (TPSA) is 92.4 Å². The van der Waals surface area contributed by atoms with Crippen LogP contribution >= 0.6 is 0 Å². The molecule has 0 heterocycles. The third kappa shape index (κ3) is 4.00. The predicted octanol–water partition coefficient (Wildman–Crippen LogP) is 0.731. The summed E-state index contributed by atoms with van der Waals surface area (Å²) in [5, 5.41) is 11.8. The molecule has 1 amide bonds. The fraction of sp³-hybridized carbons (Fsp3) is 0.833. The summed E-state index contributed by atoms with van der Waals surface area (Å²) in [6.45, 7) is 2.38. The van der Waals surface area contributed by atoms with Gasteiger partial charge in [-0.2, -0.15) is 0 Å². The molecule has 0 bridgehead atoms. The number of nitrogens with one attached hydrogen (secondary N) is 1. The molecule has 5 heteroatoms. The van der Waals surface area contributed by atoms with E-state index >= 15 is 0 Å². The molecule has 4 N–H and O–H groups in total. The first-order valence-electron chi connectivity index (χ1n) is 6.31. The summed E-state index contributed by atoms with van der Waals surface area (Å²) >= 11 is 0. The van der Waals surface area contributed by atoms with Gasteiger partial charge in [0.2, 0.25) is 5.91 Å². The molecule has 0 aromatic rings. The zero-order chi connectivity index (χ0) is 12.8. The zero-order valence-electron chi connectivity index (χ0n) is 10.3. The Balaban J connectivity index is 2.39. The summed E-state index contributed by atoms with van der Waals surface area (Å²) in [5.74, 6) is -1.22. The number of carboxylic acids is 1. The number of carbonyl (C=O) groups excluding carboxylic acids is 1. The largest absolute Gasteiger partial charge is 0.481 e. The van der Waals surface area contributed by atoms with E-state index in [-0.39, 0.29) is 23.8 Å². The van der Waals surface area contributed by atoms with Crippen molar-refractivity contribution in [2.24, 2.45) is 17.6 Å². The van der Waals surface area contributed by atoms with Crippen LogP contribution in [0.5, 0.6) is 0 Å². The van der Waals surface area contributed by atoms with E-state index in [9.17, 15) is 9.59 Å². The normalized spacial score (nSPS) is 25.5. The molecule has 0 aromatic heterocycles. The van der Waals surface area contributed by atoms with E-state index in [4.69, 9.17) is 10.8 Å². The summed E-state index contributed by atoms with van der Waals surface area (Å²) in [6.07, 6.45) is 3.67. The predicted molar refractivity (Wildman–Crippen MR) is 64.4 cm³/mol. The molecule has 0 aromatic carbocycles. The van der Waals surface area contributed by atoms with Crippen LogP contribution in [0.1, 0.15) is 39.0 Å². The van der Waals surface area contributed by atoms with Crippen molar-refractivity contribution < 1.29 is 14.7 Å². The lowest BCUT2D eigenvalue weighted by Crippen LogP contribution is -2.40. The molecule has 0 spiro atoms. The highest BCUT2D eigenvalue weighted by Crippen LogP contribution is 2.25. The van der Waals surface area contributed by atoms with Gasteiger partial charge in [0.25, 0.3) is 0 Å². The van der Waals surface area contributed by atoms with E-state index in [1.807, 2.05) is 6.92 Å². The van der Waals surface area contributed by atoms with Gasteiger partial charge in [-0.25, -0.2) is 0 Å². The number of carboxylic acid groups (broad SMARTS) is 1. The molecule has 17 heavy (non-hydrogen) atoms. The average Bonchev–Trinajstić information content (AvgIpc) is 2.74. The Kier molecular flexibility index (Phi) is 5.41. The SMILES string of the molecule is CCCC(CN)C(=O)N[C@H]1CC[C@@H](C(=O)O)C1. The second-order valence-electron chi connectivity index (χ2n) is 4.78. The average molecular weight is 242 g/mol. The van der Waals surface area contributed by atoms with Gasteiger partial charge in [0.1, 0.15) is 0 Å². The van der Waals surface area contributed by atoms with Gasteiger partial charge in [0, 0.05) is 12.6 Å². The highest BCUT2D eigenvalue weighted by Gasteiger charge is 2.31. The third-order valence-corrected chi connectivity index (χ3v) is 3.42. The van der Waals surface area contributed by atoms with Crippen molar-refractivity contribution in [3.05, 3.63) is 0 Å². The van der Waals surface area contributed by atoms with E-state index in [2.05, 4.69) is 5.32 Å². The standard InChI is InChI=1S/C12H22N2O3/c1-2-3-9(7-13)11(15)14-10-5-4-8(6-10)12(16)17/h8-10H,2-7,13H2,1H3,(H,14,15)(H,16,17)/t8-,9?,10+/m1/s1. The molecular formula is C12H22N2O3. The lowest BCUT2D eigenvalue weighted by atomic mass is 10.0. The first-order valence-corrected chi connectivity index (χ1v) is 6.31. The van der Waals surface area contributed by atoms with Crippen molar-refractivity contribution in [2.75, 3.05) is 6.54 Å². The molecule has 98 valence electrons. The molecule has 0 aliphatic heterocycles. The number of nitrogens with two attached hydrogens (primary N) is 1. The second kappa shape index (κ2) is 6.59. The van der Waals surface area contributed by atoms with Crippen molar-refractivity contribution in [2.45, 2.75) is 45.1 Å². The van der Waals surface area contributed by atoms with Crippen molar-refractivity contribution in [1.29, 1.82) is 0 Å². The van der Waals surface area contributed by atoms with Crippen LogP contribution in [0.15, 0.2) is 0 Å². The molecule has 5 nitrogen and oxygen atoms in total. The van der Waals surface area contributed by atoms with Gasteiger partial charge in [-0.3, -0.25) is 9.59 Å². The minimum Gasteiger partial charge on any atom is -0.481 e. The first kappa shape index (κ1) is 14.0. The quantitative estimate of drug-likeness (QED) is 0.640. The summed E-state index contributed by atoms with van der Waals surface area (Å²) in [5.41, 5.74) is 5.55. The Bertz CT molecular complexity index is 281. The fourth-order valence-electron chi connectivity index (χ4n) is 2.36. The summed E-state index contributed by atoms with van der Waals surface area (Å²) in [7, 11) is 0. The van der Waals surface area contributed by atoms with Gasteiger partial charge < -0.3 is 16.2 Å². The van der Waals surface area contributed by atoms with Gasteiger partial charge in [-0.05, 0) is 25.7 Å². The van der Waals surface area contributed by atoms with Gasteiger partial charge in [-0.15, -0.1) is 0 Å². The number of aliphatic carboxylic acids is 1. The molecule has 0 saturated heterocycles. The number of rotatable bonds is 6.